The van der Waals surface area contributed by atoms with Gasteiger partial charge in [-0.05, 0) is 25.0 Å². The van der Waals surface area contributed by atoms with Gasteiger partial charge in [0, 0.05) is 18.9 Å². The van der Waals surface area contributed by atoms with Crippen LogP contribution in [-0.2, 0) is 4.79 Å². The van der Waals surface area contributed by atoms with Crippen LogP contribution in [0.5, 0.6) is 0 Å². The molecule has 6 heteroatoms. The largest absolute Gasteiger partial charge is 0.480 e. The van der Waals surface area contributed by atoms with E-state index in [4.69, 9.17) is 5.11 Å². The first-order chi connectivity index (χ1) is 9.16. The maximum atomic E-state index is 12.3. The highest BCUT2D eigenvalue weighted by molar-refractivity contribution is 5.95. The zero-order valence-corrected chi connectivity index (χ0v) is 10.2. The van der Waals surface area contributed by atoms with Gasteiger partial charge >= 0.3 is 5.97 Å². The second-order valence-electron chi connectivity index (χ2n) is 4.59. The number of carbonyl (C=O) groups excluding carboxylic acids is 1. The molecule has 2 aromatic heterocycles. The number of nitrogens with zero attached hydrogens (tertiary/aromatic N) is 3. The molecule has 3 rings (SSSR count). The van der Waals surface area contributed by atoms with Crippen molar-refractivity contribution in [3.8, 4) is 0 Å². The Hall–Kier alpha value is -2.37. The van der Waals surface area contributed by atoms with Crippen LogP contribution >= 0.6 is 0 Å². The Bertz CT molecular complexity index is 616. The van der Waals surface area contributed by atoms with Crippen molar-refractivity contribution in [2.45, 2.75) is 18.9 Å². The number of aliphatic carboxylic acids is 1. The van der Waals surface area contributed by atoms with Crippen molar-refractivity contribution in [2.24, 2.45) is 0 Å². The molecule has 0 aromatic carbocycles. The van der Waals surface area contributed by atoms with E-state index in [-0.39, 0.29) is 5.91 Å². The van der Waals surface area contributed by atoms with E-state index >= 15 is 0 Å². The number of hydrogen-bond acceptors (Lipinski definition) is 3. The van der Waals surface area contributed by atoms with E-state index in [9.17, 15) is 9.59 Å². The molecule has 1 atom stereocenters. The van der Waals surface area contributed by atoms with Crippen molar-refractivity contribution in [3.05, 3.63) is 36.3 Å². The van der Waals surface area contributed by atoms with Gasteiger partial charge in [-0.25, -0.2) is 9.78 Å². The number of rotatable bonds is 2. The molecule has 3 heterocycles. The fourth-order valence-electron chi connectivity index (χ4n) is 2.45. The van der Waals surface area contributed by atoms with Gasteiger partial charge in [0.25, 0.3) is 5.91 Å². The minimum atomic E-state index is -0.949. The van der Waals surface area contributed by atoms with Crippen molar-refractivity contribution in [1.29, 1.82) is 0 Å². The van der Waals surface area contributed by atoms with Gasteiger partial charge in [-0.2, -0.15) is 0 Å². The molecule has 0 bridgehead atoms. The molecule has 1 amide bonds. The predicted molar refractivity (Wildman–Crippen MR) is 66.9 cm³/mol. The maximum absolute atomic E-state index is 12.3. The van der Waals surface area contributed by atoms with E-state index in [1.165, 1.54) is 4.90 Å². The second-order valence-corrected chi connectivity index (χ2v) is 4.59. The summed E-state index contributed by atoms with van der Waals surface area (Å²) < 4.78 is 1.75. The average molecular weight is 259 g/mol. The molecule has 1 N–H and O–H groups in total. The quantitative estimate of drug-likeness (QED) is 0.873. The van der Waals surface area contributed by atoms with E-state index in [2.05, 4.69) is 4.98 Å². The molecule has 1 fully saturated rings. The Balaban J connectivity index is 1.93. The lowest BCUT2D eigenvalue weighted by atomic mass is 10.2. The minimum absolute atomic E-state index is 0.291. The van der Waals surface area contributed by atoms with Gasteiger partial charge in [0.15, 0.2) is 0 Å². The average Bonchev–Trinajstić information content (AvgIpc) is 3.04. The molecule has 1 aliphatic rings. The molecule has 1 saturated heterocycles. The highest BCUT2D eigenvalue weighted by atomic mass is 16.4. The number of carboxylic acids is 1. The fraction of sp³-hybridized carbons (Fsp3) is 0.308. The van der Waals surface area contributed by atoms with Crippen molar-refractivity contribution in [3.63, 3.8) is 0 Å². The SMILES string of the molecule is O=C(O)C1CCCN1C(=O)c1cn2ccccc2n1. The third-order valence-corrected chi connectivity index (χ3v) is 3.38. The van der Waals surface area contributed by atoms with E-state index in [1.54, 1.807) is 22.9 Å². The Morgan fingerprint density at radius 1 is 1.37 bits per heavy atom. The smallest absolute Gasteiger partial charge is 0.326 e. The van der Waals surface area contributed by atoms with Crippen LogP contribution in [0.15, 0.2) is 30.6 Å². The van der Waals surface area contributed by atoms with E-state index < -0.39 is 12.0 Å². The van der Waals surface area contributed by atoms with Crippen molar-refractivity contribution in [1.82, 2.24) is 14.3 Å². The Morgan fingerprint density at radius 2 is 2.21 bits per heavy atom. The number of likely N-dealkylation sites (tertiary alicyclic amines) is 1. The number of imidazole rings is 1. The van der Waals surface area contributed by atoms with Crippen LogP contribution in [0.25, 0.3) is 5.65 Å². The number of carboxylic acid groups (broad SMARTS) is 1. The molecule has 0 radical (unpaired) electrons. The van der Waals surface area contributed by atoms with Crippen LogP contribution in [-0.4, -0.2) is 43.9 Å². The second kappa shape index (κ2) is 4.38. The van der Waals surface area contributed by atoms with Gasteiger partial charge in [-0.3, -0.25) is 4.79 Å². The third kappa shape index (κ3) is 1.95. The molecule has 2 aromatic rings. The molecule has 6 nitrogen and oxygen atoms in total. The minimum Gasteiger partial charge on any atom is -0.480 e. The van der Waals surface area contributed by atoms with Crippen molar-refractivity contribution < 1.29 is 14.7 Å². The van der Waals surface area contributed by atoms with Crippen LogP contribution in [0.2, 0.25) is 0 Å². The van der Waals surface area contributed by atoms with Crippen LogP contribution < -0.4 is 0 Å². The highest BCUT2D eigenvalue weighted by Crippen LogP contribution is 2.20. The zero-order chi connectivity index (χ0) is 13.4. The molecule has 0 aliphatic carbocycles. The monoisotopic (exact) mass is 259 g/mol. The van der Waals surface area contributed by atoms with Gasteiger partial charge in [0.1, 0.15) is 17.4 Å². The zero-order valence-electron chi connectivity index (χ0n) is 10.2. The number of amides is 1. The summed E-state index contributed by atoms with van der Waals surface area (Å²) in [5.41, 5.74) is 0.969. The fourth-order valence-corrected chi connectivity index (χ4v) is 2.45. The van der Waals surface area contributed by atoms with Crippen molar-refractivity contribution >= 4 is 17.5 Å². The molecule has 0 spiro atoms. The summed E-state index contributed by atoms with van der Waals surface area (Å²) in [5.74, 6) is -1.26. The predicted octanol–water partition coefficient (Wildman–Crippen LogP) is 1.02. The van der Waals surface area contributed by atoms with Crippen LogP contribution in [0.1, 0.15) is 23.3 Å². The lowest BCUT2D eigenvalue weighted by molar-refractivity contribution is -0.141. The number of pyridine rings is 1. The molecule has 19 heavy (non-hydrogen) atoms. The van der Waals surface area contributed by atoms with Gasteiger partial charge in [0.2, 0.25) is 0 Å². The summed E-state index contributed by atoms with van der Waals surface area (Å²) >= 11 is 0. The first-order valence-electron chi connectivity index (χ1n) is 6.14. The van der Waals surface area contributed by atoms with Gasteiger partial charge < -0.3 is 14.4 Å². The summed E-state index contributed by atoms with van der Waals surface area (Å²) in [6.07, 6.45) is 4.66. The molecule has 98 valence electrons. The third-order valence-electron chi connectivity index (χ3n) is 3.38. The normalized spacial score (nSPS) is 18.9. The Kier molecular flexibility index (Phi) is 2.70. The Morgan fingerprint density at radius 3 is 2.95 bits per heavy atom. The summed E-state index contributed by atoms with van der Waals surface area (Å²) in [6, 6.07) is 4.76. The molecule has 1 aliphatic heterocycles. The summed E-state index contributed by atoms with van der Waals surface area (Å²) in [4.78, 5) is 29.0. The number of fused-ring (bicyclic) bond motifs is 1. The number of aromatic nitrogens is 2. The van der Waals surface area contributed by atoms with Crippen molar-refractivity contribution in [2.75, 3.05) is 6.54 Å². The van der Waals surface area contributed by atoms with E-state index in [1.807, 2.05) is 12.1 Å². The standard InChI is InChI=1S/C13H13N3O3/c17-12(16-7-3-4-10(16)13(18)19)9-8-15-6-2-1-5-11(15)14-9/h1-2,5-6,8,10H,3-4,7H2,(H,18,19). The van der Waals surface area contributed by atoms with E-state index in [0.29, 0.717) is 24.3 Å². The lowest BCUT2D eigenvalue weighted by Crippen LogP contribution is -2.40. The number of carbonyl (C=O) groups is 2. The summed E-state index contributed by atoms with van der Waals surface area (Å²) in [7, 11) is 0. The van der Waals surface area contributed by atoms with Gasteiger partial charge in [-0.15, -0.1) is 0 Å². The first-order valence-corrected chi connectivity index (χ1v) is 6.14. The van der Waals surface area contributed by atoms with E-state index in [0.717, 1.165) is 6.42 Å². The first kappa shape index (κ1) is 11.7. The lowest BCUT2D eigenvalue weighted by Gasteiger charge is -2.19. The van der Waals surface area contributed by atoms with Crippen LogP contribution in [0.4, 0.5) is 0 Å². The Labute approximate surface area is 109 Å². The number of hydrogen-bond donors (Lipinski definition) is 1. The van der Waals surface area contributed by atoms with Crippen LogP contribution in [0.3, 0.4) is 0 Å². The summed E-state index contributed by atoms with van der Waals surface area (Å²) in [5, 5.41) is 9.10. The van der Waals surface area contributed by atoms with Crippen LogP contribution in [0, 0.1) is 0 Å². The molecule has 1 unspecified atom stereocenters. The molecule has 0 saturated carbocycles. The topological polar surface area (TPSA) is 74.9 Å². The van der Waals surface area contributed by atoms with Gasteiger partial charge in [0.05, 0.1) is 0 Å². The molecular weight excluding hydrogens is 246 g/mol. The molecular formula is C13H13N3O3. The van der Waals surface area contributed by atoms with Gasteiger partial charge in [-0.1, -0.05) is 6.07 Å². The maximum Gasteiger partial charge on any atom is 0.326 e. The summed E-state index contributed by atoms with van der Waals surface area (Å²) in [6.45, 7) is 0.476. The highest BCUT2D eigenvalue weighted by Gasteiger charge is 2.35.